The molecule has 0 aliphatic heterocycles. The number of aromatic hydroxyl groups is 1. The summed E-state index contributed by atoms with van der Waals surface area (Å²) in [5.41, 5.74) is 7.83. The van der Waals surface area contributed by atoms with Gasteiger partial charge in [-0.1, -0.05) is 5.04 Å². The van der Waals surface area contributed by atoms with Crippen LogP contribution in [0, 0.1) is 0 Å². The van der Waals surface area contributed by atoms with Crippen LogP contribution < -0.4 is 5.73 Å². The van der Waals surface area contributed by atoms with Crippen LogP contribution in [-0.2, 0) is 9.37 Å². The molecule has 0 amide bonds. The summed E-state index contributed by atoms with van der Waals surface area (Å²) in [6, 6.07) is 8.10. The largest absolute Gasteiger partial charge is 0.507 e. The number of phenolic OH excluding ortho intramolecular Hbond substituents is 1. The Morgan fingerprint density at radius 1 is 1.19 bits per heavy atom. The second-order valence-corrected chi connectivity index (χ2v) is 3.88. The number of benzene rings is 2. The lowest BCUT2D eigenvalue weighted by atomic mass is 10.1. The van der Waals surface area contributed by atoms with E-state index in [-0.39, 0.29) is 5.75 Å². The van der Waals surface area contributed by atoms with Gasteiger partial charge in [-0.05, 0) is 35.7 Å². The Morgan fingerprint density at radius 3 is 2.75 bits per heavy atom. The van der Waals surface area contributed by atoms with Gasteiger partial charge in [-0.2, -0.15) is 0 Å². The Morgan fingerprint density at radius 2 is 2.00 bits per heavy atom. The van der Waals surface area contributed by atoms with E-state index in [1.54, 1.807) is 24.3 Å². The van der Waals surface area contributed by atoms with Crippen LogP contribution in [0.3, 0.4) is 0 Å². The molecule has 0 spiro atoms. The first-order chi connectivity index (χ1) is 7.70. The molecular weight excluding hydrogens is 230 g/mol. The second-order valence-electron chi connectivity index (χ2n) is 3.10. The van der Waals surface area contributed by atoms with Crippen LogP contribution in [0.2, 0.25) is 0 Å². The fourth-order valence-electron chi connectivity index (χ4n) is 1.43. The molecule has 5 nitrogen and oxygen atoms in total. The fourth-order valence-corrected chi connectivity index (χ4v) is 1.87. The number of hydrogen-bond donors (Lipinski definition) is 2. The minimum Gasteiger partial charge on any atom is -0.507 e. The van der Waals surface area contributed by atoms with Crippen molar-refractivity contribution in [3.63, 3.8) is 0 Å². The Kier molecular flexibility index (Phi) is 3.16. The highest BCUT2D eigenvalue weighted by Gasteiger charge is 2.05. The zero-order valence-electron chi connectivity index (χ0n) is 8.01. The quantitative estimate of drug-likeness (QED) is 0.488. The zero-order chi connectivity index (χ0) is 11.5. The summed E-state index contributed by atoms with van der Waals surface area (Å²) >= 11 is 0.762. The maximum atomic E-state index is 9.71. The molecule has 0 saturated carbocycles. The molecule has 0 fully saturated rings. The van der Waals surface area contributed by atoms with E-state index in [2.05, 4.69) is 9.37 Å². The van der Waals surface area contributed by atoms with Crippen molar-refractivity contribution in [3.8, 4) is 5.75 Å². The molecule has 6 heteroatoms. The molecule has 3 N–H and O–H groups in total. The lowest BCUT2D eigenvalue weighted by Gasteiger charge is -2.04. The lowest BCUT2D eigenvalue weighted by Crippen LogP contribution is -1.81. The minimum absolute atomic E-state index is 0.0848. The molecule has 2 aromatic rings. The van der Waals surface area contributed by atoms with Crippen molar-refractivity contribution in [1.29, 1.82) is 0 Å². The van der Waals surface area contributed by atoms with Crippen LogP contribution in [0.25, 0.3) is 10.8 Å². The van der Waals surface area contributed by atoms with Crippen molar-refractivity contribution in [1.82, 2.24) is 5.73 Å². The molecule has 2 rings (SSSR count). The molecule has 0 atom stereocenters. The molecular formula is C10H8NO4S. The van der Waals surface area contributed by atoms with Crippen LogP contribution in [0.1, 0.15) is 0 Å². The van der Waals surface area contributed by atoms with E-state index < -0.39 is 0 Å². The van der Waals surface area contributed by atoms with E-state index in [0.717, 1.165) is 17.4 Å². The van der Waals surface area contributed by atoms with Crippen molar-refractivity contribution in [2.45, 2.75) is 4.90 Å². The van der Waals surface area contributed by atoms with Crippen molar-refractivity contribution in [3.05, 3.63) is 30.3 Å². The van der Waals surface area contributed by atoms with Gasteiger partial charge in [-0.3, -0.25) is 0 Å². The van der Waals surface area contributed by atoms with E-state index >= 15 is 0 Å². The number of fused-ring (bicyclic) bond motifs is 1. The first kappa shape index (κ1) is 11.0. The third kappa shape index (κ3) is 2.20. The maximum Gasteiger partial charge on any atom is 0.124 e. The van der Waals surface area contributed by atoms with Gasteiger partial charge in [0, 0.05) is 10.3 Å². The molecule has 83 valence electrons. The number of rotatable bonds is 3. The zero-order valence-corrected chi connectivity index (χ0v) is 8.82. The molecule has 0 heterocycles. The molecule has 0 aliphatic rings. The smallest absolute Gasteiger partial charge is 0.124 e. The van der Waals surface area contributed by atoms with E-state index in [1.807, 2.05) is 0 Å². The van der Waals surface area contributed by atoms with Gasteiger partial charge in [0.05, 0.1) is 17.7 Å². The molecule has 2 aromatic carbocycles. The summed E-state index contributed by atoms with van der Waals surface area (Å²) in [4.78, 5) is 0.560. The molecule has 0 unspecified atom stereocenters. The van der Waals surface area contributed by atoms with Gasteiger partial charge < -0.3 is 10.8 Å². The first-order valence-electron chi connectivity index (χ1n) is 4.34. The summed E-state index contributed by atoms with van der Waals surface area (Å²) in [5.74, 6) is 0.0848. The molecule has 1 radical (unpaired) electrons. The Balaban J connectivity index is 2.47. The average molecular weight is 238 g/mol. The standard InChI is InChI=1S/C10H8NO4S/c11-7-1-2-9-6(3-7)4-8(5-10(9)12)16-15-14-13/h1-5,11-13H. The Hall–Kier alpha value is -1.47. The van der Waals surface area contributed by atoms with E-state index in [4.69, 9.17) is 11.0 Å². The van der Waals surface area contributed by atoms with Crippen LogP contribution >= 0.6 is 12.0 Å². The van der Waals surface area contributed by atoms with Gasteiger partial charge in [0.25, 0.3) is 0 Å². The predicted octanol–water partition coefficient (Wildman–Crippen LogP) is 2.89. The van der Waals surface area contributed by atoms with E-state index in [9.17, 15) is 5.11 Å². The van der Waals surface area contributed by atoms with Crippen molar-refractivity contribution in [2.75, 3.05) is 0 Å². The van der Waals surface area contributed by atoms with Crippen LogP contribution in [-0.4, -0.2) is 10.4 Å². The first-order valence-corrected chi connectivity index (χ1v) is 5.08. The van der Waals surface area contributed by atoms with Crippen molar-refractivity contribution >= 4 is 28.5 Å². The molecule has 0 bridgehead atoms. The lowest BCUT2D eigenvalue weighted by molar-refractivity contribution is -0.432. The molecule has 0 aliphatic carbocycles. The Bertz CT molecular complexity index is 517. The average Bonchev–Trinajstić information content (AvgIpc) is 2.25. The highest BCUT2D eigenvalue weighted by molar-refractivity contribution is 7.94. The summed E-state index contributed by atoms with van der Waals surface area (Å²) < 4.78 is 4.27. The van der Waals surface area contributed by atoms with Crippen molar-refractivity contribution in [2.24, 2.45) is 0 Å². The summed E-state index contributed by atoms with van der Waals surface area (Å²) in [7, 11) is 0. The van der Waals surface area contributed by atoms with Crippen molar-refractivity contribution < 1.29 is 19.7 Å². The normalized spacial score (nSPS) is 10.8. The van der Waals surface area contributed by atoms with Gasteiger partial charge in [0.1, 0.15) is 5.75 Å². The predicted molar refractivity (Wildman–Crippen MR) is 59.0 cm³/mol. The summed E-state index contributed by atoms with van der Waals surface area (Å²) in [6.45, 7) is 0. The highest BCUT2D eigenvalue weighted by Crippen LogP contribution is 2.32. The molecule has 16 heavy (non-hydrogen) atoms. The molecule has 0 aromatic heterocycles. The molecule has 0 saturated heterocycles. The highest BCUT2D eigenvalue weighted by atomic mass is 32.2. The van der Waals surface area contributed by atoms with Gasteiger partial charge in [-0.15, -0.1) is 4.33 Å². The van der Waals surface area contributed by atoms with Gasteiger partial charge in [-0.25, -0.2) is 5.26 Å². The maximum absolute atomic E-state index is 9.71. The van der Waals surface area contributed by atoms with E-state index in [1.165, 1.54) is 6.07 Å². The number of nitrogens with one attached hydrogen (secondary N) is 1. The SMILES string of the molecule is [NH]c1ccc2c(O)cc(SOOO)cc2c1. The summed E-state index contributed by atoms with van der Waals surface area (Å²) in [6.07, 6.45) is 0. The van der Waals surface area contributed by atoms with Gasteiger partial charge >= 0.3 is 0 Å². The monoisotopic (exact) mass is 238 g/mol. The topological polar surface area (TPSA) is 82.7 Å². The van der Waals surface area contributed by atoms with Gasteiger partial charge in [0.15, 0.2) is 0 Å². The van der Waals surface area contributed by atoms with Gasteiger partial charge in [0.2, 0.25) is 0 Å². The fraction of sp³-hybridized carbons (Fsp3) is 0. The van der Waals surface area contributed by atoms with Crippen LogP contribution in [0.4, 0.5) is 5.69 Å². The third-order valence-electron chi connectivity index (χ3n) is 2.06. The Labute approximate surface area is 95.5 Å². The van der Waals surface area contributed by atoms with Crippen LogP contribution in [0.15, 0.2) is 35.2 Å². The third-order valence-corrected chi connectivity index (χ3v) is 2.62. The van der Waals surface area contributed by atoms with Crippen LogP contribution in [0.5, 0.6) is 5.75 Å². The minimum atomic E-state index is 0.0848. The number of hydrogen-bond acceptors (Lipinski definition) is 5. The second kappa shape index (κ2) is 4.58. The van der Waals surface area contributed by atoms with E-state index in [0.29, 0.717) is 16.0 Å². The summed E-state index contributed by atoms with van der Waals surface area (Å²) in [5, 5.41) is 22.6. The number of phenols is 1.